The number of carbonyl (C=O) groups excluding carboxylic acids is 5. The van der Waals surface area contributed by atoms with Crippen molar-refractivity contribution in [2.75, 3.05) is 34.9 Å². The van der Waals surface area contributed by atoms with Gasteiger partial charge < -0.3 is 28.4 Å². The number of fused-ring (bicyclic) bond motifs is 2. The van der Waals surface area contributed by atoms with Gasteiger partial charge in [0.2, 0.25) is 0 Å². The Morgan fingerprint density at radius 2 is 1.44 bits per heavy atom. The second kappa shape index (κ2) is 9.99. The van der Waals surface area contributed by atoms with Gasteiger partial charge in [-0.1, -0.05) is 6.92 Å². The Morgan fingerprint density at radius 3 is 1.94 bits per heavy atom. The summed E-state index contributed by atoms with van der Waals surface area (Å²) in [4.78, 5) is 64.1. The van der Waals surface area contributed by atoms with Crippen LogP contribution in [0.4, 0.5) is 0 Å². The first-order chi connectivity index (χ1) is 16.0. The van der Waals surface area contributed by atoms with E-state index >= 15 is 0 Å². The van der Waals surface area contributed by atoms with Crippen LogP contribution in [-0.4, -0.2) is 64.8 Å². The maximum Gasteiger partial charge on any atom is 0.318 e. The Bertz CT molecular complexity index is 850. The molecule has 3 rings (SSSR count). The van der Waals surface area contributed by atoms with Gasteiger partial charge in [-0.25, -0.2) is 0 Å². The van der Waals surface area contributed by atoms with Crippen LogP contribution in [0.1, 0.15) is 27.2 Å². The van der Waals surface area contributed by atoms with Crippen LogP contribution < -0.4 is 0 Å². The lowest BCUT2D eigenvalue weighted by molar-refractivity contribution is -0.178. The number of ether oxygens (including phenoxy) is 6. The summed E-state index contributed by atoms with van der Waals surface area (Å²) in [5.74, 6) is -8.69. The van der Waals surface area contributed by atoms with Crippen LogP contribution in [0.2, 0.25) is 0 Å². The van der Waals surface area contributed by atoms with Crippen LogP contribution in [0, 0.1) is 52.8 Å². The second-order valence-corrected chi connectivity index (χ2v) is 9.75. The number of rotatable bonds is 9. The van der Waals surface area contributed by atoms with Crippen molar-refractivity contribution in [3.8, 4) is 0 Å². The third-order valence-electron chi connectivity index (χ3n) is 7.80. The molecular formula is C23H32O11. The molecule has 190 valence electrons. The fourth-order valence-corrected chi connectivity index (χ4v) is 6.44. The zero-order chi connectivity index (χ0) is 25.4. The molecule has 0 aromatic heterocycles. The number of hydrogen-bond donors (Lipinski definition) is 0. The summed E-state index contributed by atoms with van der Waals surface area (Å²) in [6.45, 7) is 4.38. The molecule has 3 fully saturated rings. The lowest BCUT2D eigenvalue weighted by Crippen LogP contribution is -2.49. The first-order valence-electron chi connectivity index (χ1n) is 11.2. The number of methoxy groups -OCH3 is 3. The normalized spacial score (nSPS) is 34.6. The minimum absolute atomic E-state index is 0.240. The number of cyclic esters (lactones) is 2. The predicted molar refractivity (Wildman–Crippen MR) is 111 cm³/mol. The third kappa shape index (κ3) is 4.19. The summed E-state index contributed by atoms with van der Waals surface area (Å²) in [6, 6.07) is 0. The Balaban J connectivity index is 1.99. The average Bonchev–Trinajstić information content (AvgIpc) is 3.43. The van der Waals surface area contributed by atoms with Crippen molar-refractivity contribution in [3.63, 3.8) is 0 Å². The second-order valence-electron chi connectivity index (χ2n) is 9.75. The van der Waals surface area contributed by atoms with Gasteiger partial charge in [0, 0.05) is 14.2 Å². The summed E-state index contributed by atoms with van der Waals surface area (Å²) in [5.41, 5.74) is -1.34. The molecule has 0 amide bonds. The maximum atomic E-state index is 13.0. The lowest BCUT2D eigenvalue weighted by Gasteiger charge is -2.41. The smallest absolute Gasteiger partial charge is 0.318 e. The van der Waals surface area contributed by atoms with Gasteiger partial charge in [0.05, 0.1) is 36.2 Å². The van der Waals surface area contributed by atoms with Gasteiger partial charge in [-0.05, 0) is 43.9 Å². The molecule has 1 saturated heterocycles. The quantitative estimate of drug-likeness (QED) is 0.200. The van der Waals surface area contributed by atoms with Gasteiger partial charge in [-0.15, -0.1) is 0 Å². The van der Waals surface area contributed by atoms with Gasteiger partial charge in [-0.2, -0.15) is 0 Å². The molecule has 0 radical (unpaired) electrons. The van der Waals surface area contributed by atoms with E-state index < -0.39 is 70.8 Å². The van der Waals surface area contributed by atoms with Crippen LogP contribution in [0.3, 0.4) is 0 Å². The van der Waals surface area contributed by atoms with E-state index in [0.29, 0.717) is 6.42 Å². The maximum absolute atomic E-state index is 13.0. The molecule has 11 nitrogen and oxygen atoms in total. The largest absolute Gasteiger partial charge is 0.469 e. The van der Waals surface area contributed by atoms with Crippen LogP contribution in [0.15, 0.2) is 0 Å². The topological polar surface area (TPSA) is 141 Å². The number of carbonyl (C=O) groups is 5. The highest BCUT2D eigenvalue weighted by Crippen LogP contribution is 2.63. The van der Waals surface area contributed by atoms with Crippen molar-refractivity contribution in [1.29, 1.82) is 0 Å². The van der Waals surface area contributed by atoms with Crippen LogP contribution >= 0.6 is 0 Å². The van der Waals surface area contributed by atoms with Crippen molar-refractivity contribution >= 4 is 29.8 Å². The van der Waals surface area contributed by atoms with E-state index in [0.717, 1.165) is 0 Å². The minimum atomic E-state index is -1.34. The molecular weight excluding hydrogens is 452 g/mol. The van der Waals surface area contributed by atoms with E-state index in [9.17, 15) is 24.0 Å². The lowest BCUT2D eigenvalue weighted by atomic mass is 9.59. The molecule has 1 aliphatic heterocycles. The molecule has 2 bridgehead atoms. The fourth-order valence-electron chi connectivity index (χ4n) is 6.44. The Hall–Kier alpha value is -2.53. The highest BCUT2D eigenvalue weighted by atomic mass is 16.7. The van der Waals surface area contributed by atoms with Crippen molar-refractivity contribution < 1.29 is 52.4 Å². The molecule has 0 spiro atoms. The van der Waals surface area contributed by atoms with Crippen LogP contribution in [-0.2, 0) is 52.4 Å². The van der Waals surface area contributed by atoms with Crippen LogP contribution in [0.25, 0.3) is 0 Å². The van der Waals surface area contributed by atoms with Gasteiger partial charge in [0.25, 0.3) is 0 Å². The molecule has 2 saturated carbocycles. The van der Waals surface area contributed by atoms with E-state index in [1.165, 1.54) is 35.2 Å². The van der Waals surface area contributed by atoms with Crippen molar-refractivity contribution in [1.82, 2.24) is 0 Å². The zero-order valence-electron chi connectivity index (χ0n) is 20.2. The van der Waals surface area contributed by atoms with Crippen molar-refractivity contribution in [2.24, 2.45) is 52.8 Å². The standard InChI is InChI=1S/C23H32O11/c1-10-11-7-12(15(19(25)33-9-30-5)14(11)18(24)32-8-29-4)13(10)16-17(21(27)34-20(16)26)23(2,3)22(28)31-6/h10-17H,7-9H2,1-6H3. The molecule has 8 atom stereocenters. The average molecular weight is 484 g/mol. The predicted octanol–water partition coefficient (Wildman–Crippen LogP) is 0.930. The highest BCUT2D eigenvalue weighted by Gasteiger charge is 2.68. The van der Waals surface area contributed by atoms with E-state index in [2.05, 4.69) is 0 Å². The third-order valence-corrected chi connectivity index (χ3v) is 7.80. The number of hydrogen-bond acceptors (Lipinski definition) is 11. The SMILES string of the molecule is COCOC(=O)C1C2CC(C1C(=O)OCOC)C(C1C(=O)OC(=O)C1C(C)(C)C(=O)OC)C2C. The first-order valence-corrected chi connectivity index (χ1v) is 11.2. The van der Waals surface area contributed by atoms with Gasteiger partial charge in [-0.3, -0.25) is 24.0 Å². The zero-order valence-corrected chi connectivity index (χ0v) is 20.2. The van der Waals surface area contributed by atoms with Gasteiger partial charge in [0.1, 0.15) is 0 Å². The molecule has 0 aromatic rings. The molecule has 11 heteroatoms. The first kappa shape index (κ1) is 26.1. The summed E-state index contributed by atoms with van der Waals surface area (Å²) < 4.78 is 29.9. The monoisotopic (exact) mass is 484 g/mol. The van der Waals surface area contributed by atoms with Gasteiger partial charge in [0.15, 0.2) is 13.6 Å². The van der Waals surface area contributed by atoms with Crippen molar-refractivity contribution in [2.45, 2.75) is 27.2 Å². The molecule has 8 unspecified atom stereocenters. The summed E-state index contributed by atoms with van der Waals surface area (Å²) in [7, 11) is 3.95. The Morgan fingerprint density at radius 1 is 0.912 bits per heavy atom. The van der Waals surface area contributed by atoms with E-state index in [4.69, 9.17) is 28.4 Å². The molecule has 2 aliphatic carbocycles. The van der Waals surface area contributed by atoms with E-state index in [1.807, 2.05) is 6.92 Å². The van der Waals surface area contributed by atoms with Crippen molar-refractivity contribution in [3.05, 3.63) is 0 Å². The summed E-state index contributed by atoms with van der Waals surface area (Å²) in [6.07, 6.45) is 0.453. The molecule has 1 heterocycles. The molecule has 0 aromatic carbocycles. The van der Waals surface area contributed by atoms with E-state index in [-0.39, 0.29) is 25.4 Å². The van der Waals surface area contributed by atoms with E-state index in [1.54, 1.807) is 0 Å². The fraction of sp³-hybridized carbons (Fsp3) is 0.783. The molecule has 34 heavy (non-hydrogen) atoms. The summed E-state index contributed by atoms with van der Waals surface area (Å²) in [5, 5.41) is 0. The molecule has 3 aliphatic rings. The molecule has 0 N–H and O–H groups in total. The Kier molecular flexibility index (Phi) is 7.66. The highest BCUT2D eigenvalue weighted by molar-refractivity contribution is 6.00. The van der Waals surface area contributed by atoms with Gasteiger partial charge >= 0.3 is 29.8 Å². The number of esters is 5. The Labute approximate surface area is 197 Å². The summed E-state index contributed by atoms with van der Waals surface area (Å²) >= 11 is 0. The minimum Gasteiger partial charge on any atom is -0.469 e. The van der Waals surface area contributed by atoms with Crippen LogP contribution in [0.5, 0.6) is 0 Å².